The van der Waals surface area contributed by atoms with Crippen LogP contribution in [0.4, 0.5) is 0 Å². The predicted octanol–water partition coefficient (Wildman–Crippen LogP) is 2.73. The van der Waals surface area contributed by atoms with Gasteiger partial charge in [0.15, 0.2) is 5.82 Å². The van der Waals surface area contributed by atoms with Gasteiger partial charge in [-0.2, -0.15) is 4.98 Å². The normalized spacial score (nSPS) is 16.4. The summed E-state index contributed by atoms with van der Waals surface area (Å²) in [7, 11) is 0. The van der Waals surface area contributed by atoms with Crippen LogP contribution in [0.15, 0.2) is 39.6 Å². The van der Waals surface area contributed by atoms with Crippen LogP contribution in [0, 0.1) is 0 Å². The average molecular weight is 333 g/mol. The number of aromatic nitrogens is 3. The summed E-state index contributed by atoms with van der Waals surface area (Å²) < 4.78 is 5.32. The van der Waals surface area contributed by atoms with E-state index in [4.69, 9.17) is 10.3 Å². The van der Waals surface area contributed by atoms with Crippen molar-refractivity contribution >= 4 is 23.2 Å². The molecule has 0 radical (unpaired) electrons. The zero-order chi connectivity index (χ0) is 15.2. The van der Waals surface area contributed by atoms with Crippen molar-refractivity contribution in [2.24, 2.45) is 5.73 Å². The highest BCUT2D eigenvalue weighted by Gasteiger charge is 2.36. The van der Waals surface area contributed by atoms with Crippen LogP contribution in [0.5, 0.6) is 0 Å². The Morgan fingerprint density at radius 2 is 1.96 bits per heavy atom. The van der Waals surface area contributed by atoms with Gasteiger partial charge in [0, 0.05) is 5.39 Å². The predicted molar refractivity (Wildman–Crippen MR) is 89.4 cm³/mol. The fraction of sp³-hybridized carbons (Fsp3) is 0.312. The Morgan fingerprint density at radius 1 is 1.22 bits per heavy atom. The first-order chi connectivity index (χ1) is 10.7. The standard InChI is InChI=1S/C16H16N4O2.ClH/c17-16(7-3-4-8-16)15-19-14(22-20-15)12-9-10-5-1-2-6-11(10)13(21)18-12;/h1-2,5-6,9H,3-4,7-8,17H2,(H,18,21);1H. The van der Waals surface area contributed by atoms with E-state index in [9.17, 15) is 4.79 Å². The van der Waals surface area contributed by atoms with E-state index in [1.54, 1.807) is 6.07 Å². The van der Waals surface area contributed by atoms with Gasteiger partial charge in [-0.3, -0.25) is 4.79 Å². The molecule has 3 N–H and O–H groups in total. The summed E-state index contributed by atoms with van der Waals surface area (Å²) in [5.74, 6) is 0.823. The molecule has 1 aliphatic carbocycles. The van der Waals surface area contributed by atoms with Gasteiger partial charge in [-0.15, -0.1) is 12.4 Å². The molecule has 0 bridgehead atoms. The minimum absolute atomic E-state index is 0. The number of benzene rings is 1. The van der Waals surface area contributed by atoms with Gasteiger partial charge in [-0.1, -0.05) is 36.2 Å². The lowest BCUT2D eigenvalue weighted by Gasteiger charge is -2.17. The third-order valence-electron chi connectivity index (χ3n) is 4.35. The molecule has 120 valence electrons. The molecule has 7 heteroatoms. The maximum atomic E-state index is 12.1. The van der Waals surface area contributed by atoms with Crippen LogP contribution in [-0.2, 0) is 5.54 Å². The van der Waals surface area contributed by atoms with Crippen LogP contribution in [0.25, 0.3) is 22.4 Å². The summed E-state index contributed by atoms with van der Waals surface area (Å²) in [6, 6.07) is 9.22. The number of H-pyrrole nitrogens is 1. The van der Waals surface area contributed by atoms with E-state index in [1.807, 2.05) is 24.3 Å². The van der Waals surface area contributed by atoms with E-state index in [2.05, 4.69) is 15.1 Å². The Bertz CT molecular complexity index is 896. The molecule has 0 amide bonds. The second-order valence-corrected chi connectivity index (χ2v) is 5.89. The molecule has 0 atom stereocenters. The molecule has 1 aliphatic rings. The minimum Gasteiger partial charge on any atom is -0.332 e. The number of nitrogens with zero attached hydrogens (tertiary/aromatic N) is 2. The molecule has 1 saturated carbocycles. The van der Waals surface area contributed by atoms with Crippen LogP contribution in [0.1, 0.15) is 31.5 Å². The maximum absolute atomic E-state index is 12.1. The SMILES string of the molecule is Cl.NC1(c2noc(-c3cc4ccccc4c(=O)[nH]3)n2)CCCC1. The molecule has 2 aromatic heterocycles. The van der Waals surface area contributed by atoms with E-state index in [0.717, 1.165) is 31.1 Å². The van der Waals surface area contributed by atoms with Crippen molar-refractivity contribution in [3.8, 4) is 11.6 Å². The van der Waals surface area contributed by atoms with Crippen molar-refractivity contribution in [2.75, 3.05) is 0 Å². The summed E-state index contributed by atoms with van der Waals surface area (Å²) in [4.78, 5) is 19.3. The lowest BCUT2D eigenvalue weighted by Crippen LogP contribution is -2.34. The van der Waals surface area contributed by atoms with E-state index in [1.165, 1.54) is 0 Å². The summed E-state index contributed by atoms with van der Waals surface area (Å²) in [5.41, 5.74) is 6.18. The van der Waals surface area contributed by atoms with Gasteiger partial charge in [-0.25, -0.2) is 0 Å². The fourth-order valence-electron chi connectivity index (χ4n) is 3.09. The summed E-state index contributed by atoms with van der Waals surface area (Å²) in [6.07, 6.45) is 3.88. The Labute approximate surface area is 138 Å². The quantitative estimate of drug-likeness (QED) is 0.752. The van der Waals surface area contributed by atoms with Crippen molar-refractivity contribution in [1.82, 2.24) is 15.1 Å². The van der Waals surface area contributed by atoms with Crippen LogP contribution >= 0.6 is 12.4 Å². The number of pyridine rings is 1. The van der Waals surface area contributed by atoms with E-state index in [-0.39, 0.29) is 18.0 Å². The molecule has 0 saturated heterocycles. The lowest BCUT2D eigenvalue weighted by molar-refractivity contribution is 0.372. The molecular formula is C16H17ClN4O2. The van der Waals surface area contributed by atoms with Crippen molar-refractivity contribution in [1.29, 1.82) is 0 Å². The van der Waals surface area contributed by atoms with Crippen LogP contribution in [0.2, 0.25) is 0 Å². The number of rotatable bonds is 2. The van der Waals surface area contributed by atoms with E-state index < -0.39 is 5.54 Å². The van der Waals surface area contributed by atoms with E-state index in [0.29, 0.717) is 22.8 Å². The summed E-state index contributed by atoms with van der Waals surface area (Å²) in [5, 5.41) is 5.50. The second kappa shape index (κ2) is 5.79. The second-order valence-electron chi connectivity index (χ2n) is 5.89. The third kappa shape index (κ3) is 2.64. The number of halogens is 1. The van der Waals surface area contributed by atoms with Crippen LogP contribution in [-0.4, -0.2) is 15.1 Å². The van der Waals surface area contributed by atoms with Crippen molar-refractivity contribution < 1.29 is 4.52 Å². The van der Waals surface area contributed by atoms with Crippen molar-refractivity contribution in [3.63, 3.8) is 0 Å². The Kier molecular flexibility index (Phi) is 3.95. The number of aromatic amines is 1. The number of hydrogen-bond acceptors (Lipinski definition) is 5. The highest BCUT2D eigenvalue weighted by molar-refractivity contribution is 5.85. The first kappa shape index (κ1) is 15.7. The molecule has 0 spiro atoms. The molecule has 6 nitrogen and oxygen atoms in total. The largest absolute Gasteiger partial charge is 0.332 e. The molecule has 23 heavy (non-hydrogen) atoms. The zero-order valence-electron chi connectivity index (χ0n) is 12.4. The fourth-order valence-corrected chi connectivity index (χ4v) is 3.09. The van der Waals surface area contributed by atoms with E-state index >= 15 is 0 Å². The summed E-state index contributed by atoms with van der Waals surface area (Å²) >= 11 is 0. The zero-order valence-corrected chi connectivity index (χ0v) is 13.2. The first-order valence-electron chi connectivity index (χ1n) is 7.41. The molecule has 0 unspecified atom stereocenters. The molecule has 4 rings (SSSR count). The molecule has 0 aliphatic heterocycles. The van der Waals surface area contributed by atoms with Crippen LogP contribution < -0.4 is 11.3 Å². The van der Waals surface area contributed by atoms with Gasteiger partial charge in [0.05, 0.1) is 5.54 Å². The average Bonchev–Trinajstić information content (AvgIpc) is 3.17. The number of fused-ring (bicyclic) bond motifs is 1. The topological polar surface area (TPSA) is 97.8 Å². The van der Waals surface area contributed by atoms with Gasteiger partial charge in [0.2, 0.25) is 0 Å². The Morgan fingerprint density at radius 3 is 2.74 bits per heavy atom. The monoisotopic (exact) mass is 332 g/mol. The van der Waals surface area contributed by atoms with Gasteiger partial charge in [0.25, 0.3) is 11.4 Å². The van der Waals surface area contributed by atoms with Crippen molar-refractivity contribution in [3.05, 3.63) is 46.5 Å². The van der Waals surface area contributed by atoms with Crippen LogP contribution in [0.3, 0.4) is 0 Å². The first-order valence-corrected chi connectivity index (χ1v) is 7.41. The number of hydrogen-bond donors (Lipinski definition) is 2. The molecule has 2 heterocycles. The minimum atomic E-state index is -0.501. The van der Waals surface area contributed by atoms with Crippen molar-refractivity contribution in [2.45, 2.75) is 31.2 Å². The smallest absolute Gasteiger partial charge is 0.274 e. The van der Waals surface area contributed by atoms with Gasteiger partial charge in [0.1, 0.15) is 5.69 Å². The maximum Gasteiger partial charge on any atom is 0.274 e. The molecular weight excluding hydrogens is 316 g/mol. The Balaban J connectivity index is 0.00000156. The third-order valence-corrected chi connectivity index (χ3v) is 4.35. The molecule has 3 aromatic rings. The Hall–Kier alpha value is -2.18. The highest BCUT2D eigenvalue weighted by Crippen LogP contribution is 2.35. The van der Waals surface area contributed by atoms with Gasteiger partial charge >= 0.3 is 0 Å². The number of nitrogens with two attached hydrogens (primary N) is 1. The number of nitrogens with one attached hydrogen (secondary N) is 1. The van der Waals surface area contributed by atoms with Gasteiger partial charge < -0.3 is 15.2 Å². The lowest BCUT2D eigenvalue weighted by atomic mass is 9.99. The highest BCUT2D eigenvalue weighted by atomic mass is 35.5. The van der Waals surface area contributed by atoms with Gasteiger partial charge in [-0.05, 0) is 30.4 Å². The summed E-state index contributed by atoms with van der Waals surface area (Å²) in [6.45, 7) is 0. The molecule has 1 aromatic carbocycles. The molecule has 1 fully saturated rings.